The molecule has 1 atom stereocenters. The van der Waals surface area contributed by atoms with Gasteiger partial charge in [-0.3, -0.25) is 4.90 Å². The van der Waals surface area contributed by atoms with Crippen LogP contribution in [0.1, 0.15) is 39.2 Å². The average molecular weight is 293 g/mol. The lowest BCUT2D eigenvalue weighted by Gasteiger charge is -2.38. The molecule has 0 bridgehead atoms. The number of aliphatic hydroxyl groups excluding tert-OH is 1. The summed E-state index contributed by atoms with van der Waals surface area (Å²) in [6, 6.07) is 10.9. The van der Waals surface area contributed by atoms with E-state index in [-0.39, 0.29) is 12.0 Å². The first-order valence-electron chi connectivity index (χ1n) is 8.00. The summed E-state index contributed by atoms with van der Waals surface area (Å²) in [4.78, 5) is 2.46. The van der Waals surface area contributed by atoms with Gasteiger partial charge in [-0.1, -0.05) is 51.1 Å². The molecule has 120 valence electrons. The highest BCUT2D eigenvalue weighted by Crippen LogP contribution is 2.26. The van der Waals surface area contributed by atoms with Crippen LogP contribution >= 0.6 is 0 Å². The molecule has 1 aromatic carbocycles. The van der Waals surface area contributed by atoms with E-state index < -0.39 is 0 Å². The predicted octanol–water partition coefficient (Wildman–Crippen LogP) is 3.07. The summed E-state index contributed by atoms with van der Waals surface area (Å²) in [5.41, 5.74) is 0.957. The summed E-state index contributed by atoms with van der Waals surface area (Å²) in [6.07, 6.45) is 2.24. The van der Waals surface area contributed by atoms with Gasteiger partial charge in [-0.2, -0.15) is 0 Å². The lowest BCUT2D eigenvalue weighted by atomic mass is 9.82. The maximum absolute atomic E-state index is 9.98. The van der Waals surface area contributed by atoms with Crippen LogP contribution in [0.2, 0.25) is 0 Å². The molecule has 0 aliphatic heterocycles. The van der Waals surface area contributed by atoms with Crippen molar-refractivity contribution in [2.24, 2.45) is 0 Å². The molecule has 0 aliphatic rings. The van der Waals surface area contributed by atoms with E-state index in [1.165, 1.54) is 5.56 Å². The Morgan fingerprint density at radius 1 is 1.19 bits per heavy atom. The molecule has 0 saturated carbocycles. The van der Waals surface area contributed by atoms with Gasteiger partial charge in [0.2, 0.25) is 0 Å². The summed E-state index contributed by atoms with van der Waals surface area (Å²) < 4.78 is 5.26. The third-order valence-corrected chi connectivity index (χ3v) is 4.41. The van der Waals surface area contributed by atoms with E-state index in [0.717, 1.165) is 32.5 Å². The zero-order chi connectivity index (χ0) is 15.7. The molecule has 1 aromatic rings. The standard InChI is InChI=1S/C18H31NO2/c1-5-17(6-2)19(12-13-21-4)14-18(3,15-20)16-10-8-7-9-11-16/h7-11,17,20H,5-6,12-15H2,1-4H3. The van der Waals surface area contributed by atoms with Crippen molar-refractivity contribution in [1.82, 2.24) is 4.90 Å². The smallest absolute Gasteiger partial charge is 0.0589 e. The first kappa shape index (κ1) is 18.1. The molecule has 0 fully saturated rings. The van der Waals surface area contributed by atoms with E-state index >= 15 is 0 Å². The molecule has 0 spiro atoms. The minimum atomic E-state index is -0.239. The van der Waals surface area contributed by atoms with Crippen molar-refractivity contribution in [2.75, 3.05) is 33.4 Å². The predicted molar refractivity (Wildman–Crippen MR) is 88.7 cm³/mol. The highest BCUT2D eigenvalue weighted by Gasteiger charge is 2.30. The molecule has 3 nitrogen and oxygen atoms in total. The van der Waals surface area contributed by atoms with Crippen LogP contribution in [-0.4, -0.2) is 49.5 Å². The molecule has 0 amide bonds. The van der Waals surface area contributed by atoms with Crippen LogP contribution in [0.5, 0.6) is 0 Å². The van der Waals surface area contributed by atoms with Gasteiger partial charge in [0.25, 0.3) is 0 Å². The van der Waals surface area contributed by atoms with Crippen molar-refractivity contribution >= 4 is 0 Å². The molecule has 0 heterocycles. The first-order valence-corrected chi connectivity index (χ1v) is 8.00. The summed E-state index contributed by atoms with van der Waals surface area (Å²) in [6.45, 7) is 9.24. The number of hydrogen-bond donors (Lipinski definition) is 1. The SMILES string of the molecule is CCC(CC)N(CCOC)CC(C)(CO)c1ccccc1. The van der Waals surface area contributed by atoms with Gasteiger partial charge in [0.1, 0.15) is 0 Å². The Morgan fingerprint density at radius 3 is 2.29 bits per heavy atom. The topological polar surface area (TPSA) is 32.7 Å². The largest absolute Gasteiger partial charge is 0.395 e. The molecule has 0 saturated heterocycles. The van der Waals surface area contributed by atoms with Crippen LogP contribution in [0.4, 0.5) is 0 Å². The minimum Gasteiger partial charge on any atom is -0.395 e. The van der Waals surface area contributed by atoms with Crippen LogP contribution < -0.4 is 0 Å². The van der Waals surface area contributed by atoms with Gasteiger partial charge in [0.05, 0.1) is 13.2 Å². The van der Waals surface area contributed by atoms with Gasteiger partial charge in [-0.25, -0.2) is 0 Å². The van der Waals surface area contributed by atoms with E-state index in [9.17, 15) is 5.11 Å². The Balaban J connectivity index is 2.92. The fourth-order valence-corrected chi connectivity index (χ4v) is 2.93. The normalized spacial score (nSPS) is 14.6. The number of nitrogens with zero attached hydrogens (tertiary/aromatic N) is 1. The quantitative estimate of drug-likeness (QED) is 0.719. The van der Waals surface area contributed by atoms with Crippen molar-refractivity contribution in [1.29, 1.82) is 0 Å². The van der Waals surface area contributed by atoms with E-state index in [2.05, 4.69) is 37.8 Å². The molecular weight excluding hydrogens is 262 g/mol. The fourth-order valence-electron chi connectivity index (χ4n) is 2.93. The van der Waals surface area contributed by atoms with Crippen molar-refractivity contribution in [3.63, 3.8) is 0 Å². The van der Waals surface area contributed by atoms with Crippen molar-refractivity contribution in [3.05, 3.63) is 35.9 Å². The third kappa shape index (κ3) is 5.10. The maximum atomic E-state index is 9.98. The van der Waals surface area contributed by atoms with Gasteiger partial charge in [0, 0.05) is 31.7 Å². The Hall–Kier alpha value is -0.900. The van der Waals surface area contributed by atoms with Gasteiger partial charge >= 0.3 is 0 Å². The van der Waals surface area contributed by atoms with E-state index in [0.29, 0.717) is 6.04 Å². The number of aliphatic hydroxyl groups is 1. The Labute approximate surface area is 129 Å². The zero-order valence-corrected chi connectivity index (χ0v) is 14.0. The van der Waals surface area contributed by atoms with Crippen molar-refractivity contribution in [3.8, 4) is 0 Å². The summed E-state index contributed by atoms with van der Waals surface area (Å²) in [5, 5.41) is 9.98. The van der Waals surface area contributed by atoms with Crippen molar-refractivity contribution < 1.29 is 9.84 Å². The number of benzene rings is 1. The highest BCUT2D eigenvalue weighted by molar-refractivity contribution is 5.25. The summed E-state index contributed by atoms with van der Waals surface area (Å²) >= 11 is 0. The Kier molecular flexibility index (Phi) is 7.94. The van der Waals surface area contributed by atoms with Crippen molar-refractivity contribution in [2.45, 2.75) is 45.1 Å². The highest BCUT2D eigenvalue weighted by atomic mass is 16.5. The molecule has 0 aliphatic carbocycles. The van der Waals surface area contributed by atoms with Crippen LogP contribution in [0.25, 0.3) is 0 Å². The van der Waals surface area contributed by atoms with E-state index in [4.69, 9.17) is 4.74 Å². The summed E-state index contributed by atoms with van der Waals surface area (Å²) in [7, 11) is 1.74. The first-order chi connectivity index (χ1) is 10.1. The minimum absolute atomic E-state index is 0.153. The maximum Gasteiger partial charge on any atom is 0.0589 e. The average Bonchev–Trinajstić information content (AvgIpc) is 2.54. The molecule has 0 aromatic heterocycles. The number of methoxy groups -OCH3 is 1. The third-order valence-electron chi connectivity index (χ3n) is 4.41. The molecule has 3 heteroatoms. The lowest BCUT2D eigenvalue weighted by Crippen LogP contribution is -2.47. The van der Waals surface area contributed by atoms with E-state index in [1.54, 1.807) is 7.11 Å². The molecule has 1 rings (SSSR count). The van der Waals surface area contributed by atoms with Crippen LogP contribution in [0, 0.1) is 0 Å². The molecule has 1 N–H and O–H groups in total. The van der Waals surface area contributed by atoms with Crippen LogP contribution in [-0.2, 0) is 10.2 Å². The molecule has 21 heavy (non-hydrogen) atoms. The lowest BCUT2D eigenvalue weighted by molar-refractivity contribution is 0.0777. The second kappa shape index (κ2) is 9.19. The molecule has 0 radical (unpaired) electrons. The number of rotatable bonds is 10. The van der Waals surface area contributed by atoms with Crippen LogP contribution in [0.15, 0.2) is 30.3 Å². The number of hydrogen-bond acceptors (Lipinski definition) is 3. The molecule has 1 unspecified atom stereocenters. The van der Waals surface area contributed by atoms with Gasteiger partial charge in [0.15, 0.2) is 0 Å². The van der Waals surface area contributed by atoms with Crippen LogP contribution in [0.3, 0.4) is 0 Å². The van der Waals surface area contributed by atoms with Gasteiger partial charge in [-0.05, 0) is 18.4 Å². The second-order valence-corrected chi connectivity index (χ2v) is 6.02. The summed E-state index contributed by atoms with van der Waals surface area (Å²) in [5.74, 6) is 0. The monoisotopic (exact) mass is 293 g/mol. The van der Waals surface area contributed by atoms with E-state index in [1.807, 2.05) is 18.2 Å². The Morgan fingerprint density at radius 2 is 1.81 bits per heavy atom. The zero-order valence-electron chi connectivity index (χ0n) is 14.0. The fraction of sp³-hybridized carbons (Fsp3) is 0.667. The van der Waals surface area contributed by atoms with Gasteiger partial charge < -0.3 is 9.84 Å². The molecular formula is C18H31NO2. The number of ether oxygens (including phenoxy) is 1. The Bertz CT molecular complexity index is 378. The second-order valence-electron chi connectivity index (χ2n) is 6.02. The van der Waals surface area contributed by atoms with Gasteiger partial charge in [-0.15, -0.1) is 0 Å².